The number of rotatable bonds is 5. The number of methoxy groups -OCH3 is 1. The molecular weight excluding hydrogens is 389 g/mol. The number of nitrogens with zero attached hydrogens (tertiary/aromatic N) is 3. The van der Waals surface area contributed by atoms with Crippen molar-refractivity contribution >= 4 is 23.2 Å². The molecule has 0 N–H and O–H groups in total. The molecular formula is C19H19ClFN3O4. The van der Waals surface area contributed by atoms with Crippen molar-refractivity contribution in [2.24, 2.45) is 0 Å². The van der Waals surface area contributed by atoms with E-state index < -0.39 is 4.92 Å². The van der Waals surface area contributed by atoms with E-state index in [2.05, 4.69) is 4.90 Å². The summed E-state index contributed by atoms with van der Waals surface area (Å²) in [5, 5.41) is 10.9. The highest BCUT2D eigenvalue weighted by molar-refractivity contribution is 6.34. The number of carbonyl (C=O) groups excluding carboxylic acids is 1. The van der Waals surface area contributed by atoms with Gasteiger partial charge in [-0.05, 0) is 24.3 Å². The van der Waals surface area contributed by atoms with E-state index in [-0.39, 0.29) is 28.0 Å². The lowest BCUT2D eigenvalue weighted by Crippen LogP contribution is -2.48. The number of halogens is 2. The van der Waals surface area contributed by atoms with Crippen LogP contribution in [0.25, 0.3) is 0 Å². The fourth-order valence-corrected chi connectivity index (χ4v) is 3.44. The van der Waals surface area contributed by atoms with Gasteiger partial charge in [-0.1, -0.05) is 11.6 Å². The molecule has 1 aliphatic heterocycles. The minimum atomic E-state index is -0.556. The molecule has 0 unspecified atom stereocenters. The molecule has 2 aromatic carbocycles. The first-order chi connectivity index (χ1) is 13.4. The smallest absolute Gasteiger partial charge is 0.270 e. The highest BCUT2D eigenvalue weighted by Gasteiger charge is 2.25. The summed E-state index contributed by atoms with van der Waals surface area (Å²) in [4.78, 5) is 26.7. The number of benzene rings is 2. The maximum absolute atomic E-state index is 13.5. The number of ether oxygens (including phenoxy) is 1. The molecule has 0 radical (unpaired) electrons. The van der Waals surface area contributed by atoms with E-state index in [9.17, 15) is 19.3 Å². The largest absolute Gasteiger partial charge is 0.496 e. The molecule has 0 bridgehead atoms. The predicted octanol–water partition coefficient (Wildman–Crippen LogP) is 3.35. The van der Waals surface area contributed by atoms with Crippen LogP contribution in [0, 0.1) is 15.9 Å². The molecule has 1 aliphatic rings. The summed E-state index contributed by atoms with van der Waals surface area (Å²) in [6.07, 6.45) is 0. The maximum Gasteiger partial charge on any atom is 0.270 e. The van der Waals surface area contributed by atoms with Crippen LogP contribution in [0.15, 0.2) is 36.4 Å². The second-order valence-electron chi connectivity index (χ2n) is 6.45. The van der Waals surface area contributed by atoms with Crippen molar-refractivity contribution in [2.45, 2.75) is 6.54 Å². The van der Waals surface area contributed by atoms with Crippen LogP contribution in [0.5, 0.6) is 5.75 Å². The quantitative estimate of drug-likeness (QED) is 0.561. The predicted molar refractivity (Wildman–Crippen MR) is 102 cm³/mol. The average Bonchev–Trinajstić information content (AvgIpc) is 2.68. The number of nitro groups is 1. The van der Waals surface area contributed by atoms with Crippen LogP contribution in [0.2, 0.25) is 5.02 Å². The lowest BCUT2D eigenvalue weighted by molar-refractivity contribution is -0.384. The Bertz CT molecular complexity index is 901. The molecule has 2 aromatic rings. The number of carbonyl (C=O) groups is 1. The Labute approximate surface area is 166 Å². The first-order valence-corrected chi connectivity index (χ1v) is 9.05. The van der Waals surface area contributed by atoms with Gasteiger partial charge in [0.25, 0.3) is 11.6 Å². The van der Waals surface area contributed by atoms with Crippen molar-refractivity contribution in [3.8, 4) is 5.75 Å². The van der Waals surface area contributed by atoms with Gasteiger partial charge in [0.2, 0.25) is 0 Å². The number of hydrogen-bond acceptors (Lipinski definition) is 5. The van der Waals surface area contributed by atoms with Crippen LogP contribution >= 0.6 is 11.6 Å². The van der Waals surface area contributed by atoms with E-state index in [0.29, 0.717) is 38.5 Å². The zero-order valence-corrected chi connectivity index (χ0v) is 16.0. The van der Waals surface area contributed by atoms with E-state index in [1.54, 1.807) is 18.1 Å². The molecule has 28 heavy (non-hydrogen) atoms. The van der Waals surface area contributed by atoms with Gasteiger partial charge in [0.15, 0.2) is 0 Å². The van der Waals surface area contributed by atoms with Crippen molar-refractivity contribution in [1.82, 2.24) is 9.80 Å². The fourth-order valence-electron chi connectivity index (χ4n) is 3.18. The van der Waals surface area contributed by atoms with Crippen molar-refractivity contribution in [1.29, 1.82) is 0 Å². The van der Waals surface area contributed by atoms with Gasteiger partial charge >= 0.3 is 0 Å². The molecule has 1 fully saturated rings. The Morgan fingerprint density at radius 3 is 2.54 bits per heavy atom. The zero-order chi connectivity index (χ0) is 20.3. The van der Waals surface area contributed by atoms with Crippen LogP contribution in [-0.4, -0.2) is 53.9 Å². The molecule has 0 aliphatic carbocycles. The lowest BCUT2D eigenvalue weighted by Gasteiger charge is -2.35. The third-order valence-corrected chi connectivity index (χ3v) is 5.00. The molecule has 1 saturated heterocycles. The molecule has 0 aromatic heterocycles. The second-order valence-corrected chi connectivity index (χ2v) is 6.85. The number of non-ortho nitro benzene ring substituents is 1. The van der Waals surface area contributed by atoms with E-state index >= 15 is 0 Å². The van der Waals surface area contributed by atoms with E-state index in [4.69, 9.17) is 16.3 Å². The van der Waals surface area contributed by atoms with Crippen LogP contribution in [0.3, 0.4) is 0 Å². The molecule has 148 valence electrons. The first-order valence-electron chi connectivity index (χ1n) is 8.67. The summed E-state index contributed by atoms with van der Waals surface area (Å²) in [6.45, 7) is 2.68. The van der Waals surface area contributed by atoms with Gasteiger partial charge < -0.3 is 9.64 Å². The molecule has 1 amide bonds. The molecule has 0 atom stereocenters. The zero-order valence-electron chi connectivity index (χ0n) is 15.2. The highest BCUT2D eigenvalue weighted by atomic mass is 35.5. The van der Waals surface area contributed by atoms with Crippen molar-refractivity contribution < 1.29 is 18.8 Å². The van der Waals surface area contributed by atoms with Crippen molar-refractivity contribution in [3.63, 3.8) is 0 Å². The number of hydrogen-bond donors (Lipinski definition) is 0. The van der Waals surface area contributed by atoms with Gasteiger partial charge in [0.1, 0.15) is 11.6 Å². The summed E-state index contributed by atoms with van der Waals surface area (Å²) >= 11 is 6.06. The number of amides is 1. The summed E-state index contributed by atoms with van der Waals surface area (Å²) in [6, 6.07) is 8.24. The summed E-state index contributed by atoms with van der Waals surface area (Å²) in [5.74, 6) is 0.0397. The van der Waals surface area contributed by atoms with Crippen molar-refractivity contribution in [3.05, 3.63) is 68.5 Å². The Kier molecular flexibility index (Phi) is 6.11. The van der Waals surface area contributed by atoms with Gasteiger partial charge in [-0.25, -0.2) is 4.39 Å². The summed E-state index contributed by atoms with van der Waals surface area (Å²) < 4.78 is 18.8. The molecule has 0 spiro atoms. The molecule has 0 saturated carbocycles. The molecule has 3 rings (SSSR count). The topological polar surface area (TPSA) is 75.9 Å². The van der Waals surface area contributed by atoms with Gasteiger partial charge in [-0.15, -0.1) is 0 Å². The third kappa shape index (κ3) is 4.40. The van der Waals surface area contributed by atoms with Gasteiger partial charge in [0.05, 0.1) is 22.6 Å². The first kappa shape index (κ1) is 20.0. The van der Waals surface area contributed by atoms with E-state index in [1.807, 2.05) is 0 Å². The van der Waals surface area contributed by atoms with Crippen LogP contribution in [-0.2, 0) is 6.54 Å². The Balaban J connectivity index is 1.63. The van der Waals surface area contributed by atoms with Crippen molar-refractivity contribution in [2.75, 3.05) is 33.3 Å². The monoisotopic (exact) mass is 407 g/mol. The van der Waals surface area contributed by atoms with E-state index in [1.165, 1.54) is 30.3 Å². The number of piperazine rings is 1. The SMILES string of the molecule is COc1ccc(F)cc1CN1CCN(C(=O)c2ccc([N+](=O)[O-])cc2Cl)CC1. The second kappa shape index (κ2) is 8.53. The van der Waals surface area contributed by atoms with Gasteiger partial charge in [-0.2, -0.15) is 0 Å². The molecule has 9 heteroatoms. The Morgan fingerprint density at radius 2 is 1.93 bits per heavy atom. The normalized spacial score (nSPS) is 14.8. The van der Waals surface area contributed by atoms with Crippen LogP contribution in [0.4, 0.5) is 10.1 Å². The standard InChI is InChI=1S/C19H19ClFN3O4/c1-28-18-5-2-14(21)10-13(18)12-22-6-8-23(9-7-22)19(25)16-4-3-15(24(26)27)11-17(16)20/h2-5,10-11H,6-9,12H2,1H3. The Morgan fingerprint density at radius 1 is 1.21 bits per heavy atom. The lowest BCUT2D eigenvalue weighted by atomic mass is 10.1. The van der Waals surface area contributed by atoms with Crippen LogP contribution in [0.1, 0.15) is 15.9 Å². The minimum Gasteiger partial charge on any atom is -0.496 e. The summed E-state index contributed by atoms with van der Waals surface area (Å²) in [5.41, 5.74) is 0.837. The van der Waals surface area contributed by atoms with Gasteiger partial charge in [-0.3, -0.25) is 19.8 Å². The third-order valence-electron chi connectivity index (χ3n) is 4.69. The van der Waals surface area contributed by atoms with Gasteiger partial charge in [0, 0.05) is 50.4 Å². The Hall–Kier alpha value is -2.71. The molecule has 1 heterocycles. The summed E-state index contributed by atoms with van der Waals surface area (Å²) in [7, 11) is 1.54. The van der Waals surface area contributed by atoms with E-state index in [0.717, 1.165) is 5.56 Å². The highest BCUT2D eigenvalue weighted by Crippen LogP contribution is 2.25. The fraction of sp³-hybridized carbons (Fsp3) is 0.316. The van der Waals surface area contributed by atoms with Crippen LogP contribution < -0.4 is 4.74 Å². The maximum atomic E-state index is 13.5. The number of nitro benzene ring substituents is 1. The average molecular weight is 408 g/mol. The molecule has 7 nitrogen and oxygen atoms in total. The minimum absolute atomic E-state index is 0.0612.